The molecule has 30 heavy (non-hydrogen) atoms. The van der Waals surface area contributed by atoms with Gasteiger partial charge in [-0.1, -0.05) is 56.3 Å². The van der Waals surface area contributed by atoms with Gasteiger partial charge in [-0.25, -0.2) is 4.79 Å². The van der Waals surface area contributed by atoms with Gasteiger partial charge in [0.25, 0.3) is 0 Å². The quantitative estimate of drug-likeness (QED) is 0.731. The smallest absolute Gasteiger partial charge is 0.410 e. The first-order valence-corrected chi connectivity index (χ1v) is 10.7. The Balaban J connectivity index is 0.00000155. The van der Waals surface area contributed by atoms with Crippen molar-refractivity contribution in [2.45, 2.75) is 65.3 Å². The Hall–Kier alpha value is -2.53. The molecule has 2 atom stereocenters. The van der Waals surface area contributed by atoms with Gasteiger partial charge < -0.3 is 19.5 Å². The lowest BCUT2D eigenvalue weighted by atomic mass is 9.87. The summed E-state index contributed by atoms with van der Waals surface area (Å²) in [4.78, 5) is 13.8. The molecule has 5 nitrogen and oxygen atoms in total. The third kappa shape index (κ3) is 7.06. The first-order chi connectivity index (χ1) is 14.3. The van der Waals surface area contributed by atoms with Crippen LogP contribution in [-0.2, 0) is 11.3 Å². The molecule has 1 fully saturated rings. The van der Waals surface area contributed by atoms with E-state index in [1.165, 1.54) is 0 Å². The van der Waals surface area contributed by atoms with Crippen molar-refractivity contribution in [3.8, 4) is 5.75 Å². The molecule has 164 valence electrons. The Bertz CT molecular complexity index is 768. The van der Waals surface area contributed by atoms with E-state index in [9.17, 15) is 9.90 Å². The van der Waals surface area contributed by atoms with E-state index in [0.717, 1.165) is 16.9 Å². The van der Waals surface area contributed by atoms with Gasteiger partial charge in [0.05, 0.1) is 12.6 Å². The predicted octanol–water partition coefficient (Wildman–Crippen LogP) is 5.38. The van der Waals surface area contributed by atoms with Crippen LogP contribution in [0.25, 0.3) is 0 Å². The number of nitrogens with zero attached hydrogens (tertiary/aromatic N) is 1. The standard InChI is InChI=1S/C23H29NO4.C2H6/c1-23(2,3)28-22(26)24-14-13-20(21(25)15-24)18-9-11-19(12-10-18)27-16-17-7-5-4-6-8-17;1-2/h4-12,20-21,25H,13-16H2,1-3H3;1-2H3. The molecule has 0 saturated carbocycles. The molecule has 1 aliphatic rings. The lowest BCUT2D eigenvalue weighted by Crippen LogP contribution is -2.47. The van der Waals surface area contributed by atoms with E-state index in [0.29, 0.717) is 19.6 Å². The largest absolute Gasteiger partial charge is 0.489 e. The number of benzene rings is 2. The molecule has 3 rings (SSSR count). The molecule has 0 spiro atoms. The summed E-state index contributed by atoms with van der Waals surface area (Å²) in [6.45, 7) is 10.9. The highest BCUT2D eigenvalue weighted by molar-refractivity contribution is 5.68. The minimum atomic E-state index is -0.614. The van der Waals surface area contributed by atoms with Crippen molar-refractivity contribution in [3.05, 3.63) is 65.7 Å². The Kier molecular flexibility index (Phi) is 8.72. The normalized spacial score (nSPS) is 18.8. The van der Waals surface area contributed by atoms with Crippen LogP contribution in [0.15, 0.2) is 54.6 Å². The highest BCUT2D eigenvalue weighted by atomic mass is 16.6. The number of hydrogen-bond donors (Lipinski definition) is 1. The summed E-state index contributed by atoms with van der Waals surface area (Å²) in [5.41, 5.74) is 1.65. The second-order valence-corrected chi connectivity index (χ2v) is 8.23. The van der Waals surface area contributed by atoms with E-state index in [1.54, 1.807) is 4.90 Å². The van der Waals surface area contributed by atoms with Crippen LogP contribution in [0.4, 0.5) is 4.79 Å². The maximum Gasteiger partial charge on any atom is 0.410 e. The lowest BCUT2D eigenvalue weighted by Gasteiger charge is -2.36. The van der Waals surface area contributed by atoms with Crippen molar-refractivity contribution in [3.63, 3.8) is 0 Å². The van der Waals surface area contributed by atoms with E-state index >= 15 is 0 Å². The highest BCUT2D eigenvalue weighted by Gasteiger charge is 2.33. The first kappa shape index (κ1) is 23.7. The molecule has 2 unspecified atom stereocenters. The van der Waals surface area contributed by atoms with Gasteiger partial charge in [0.1, 0.15) is 18.0 Å². The van der Waals surface area contributed by atoms with Gasteiger partial charge in [0, 0.05) is 12.5 Å². The van der Waals surface area contributed by atoms with Gasteiger partial charge in [-0.3, -0.25) is 0 Å². The molecule has 5 heteroatoms. The number of likely N-dealkylation sites (tertiary alicyclic amines) is 1. The molecule has 0 radical (unpaired) electrons. The molecule has 1 heterocycles. The summed E-state index contributed by atoms with van der Waals surface area (Å²) in [7, 11) is 0. The third-order valence-corrected chi connectivity index (χ3v) is 4.79. The van der Waals surface area contributed by atoms with Crippen molar-refractivity contribution >= 4 is 6.09 Å². The first-order valence-electron chi connectivity index (χ1n) is 10.7. The molecule has 0 bridgehead atoms. The van der Waals surface area contributed by atoms with Crippen LogP contribution in [0.3, 0.4) is 0 Å². The predicted molar refractivity (Wildman–Crippen MR) is 120 cm³/mol. The fourth-order valence-electron chi connectivity index (χ4n) is 3.36. The molecule has 1 saturated heterocycles. The number of hydrogen-bond acceptors (Lipinski definition) is 4. The van der Waals surface area contributed by atoms with Crippen LogP contribution in [0.5, 0.6) is 5.75 Å². The zero-order valence-corrected chi connectivity index (χ0v) is 18.8. The number of rotatable bonds is 4. The summed E-state index contributed by atoms with van der Waals surface area (Å²) >= 11 is 0. The van der Waals surface area contributed by atoms with E-state index in [2.05, 4.69) is 0 Å². The lowest BCUT2D eigenvalue weighted by molar-refractivity contribution is -0.00152. The van der Waals surface area contributed by atoms with Crippen molar-refractivity contribution in [2.24, 2.45) is 0 Å². The summed E-state index contributed by atoms with van der Waals surface area (Å²) in [5, 5.41) is 10.6. The van der Waals surface area contributed by atoms with E-state index in [1.807, 2.05) is 89.2 Å². The molecule has 1 N–H and O–H groups in total. The monoisotopic (exact) mass is 413 g/mol. The van der Waals surface area contributed by atoms with E-state index in [4.69, 9.17) is 9.47 Å². The van der Waals surface area contributed by atoms with Gasteiger partial charge in [0.15, 0.2) is 0 Å². The third-order valence-electron chi connectivity index (χ3n) is 4.79. The Labute approximate surface area is 180 Å². The molecule has 1 amide bonds. The van der Waals surface area contributed by atoms with E-state index < -0.39 is 11.7 Å². The van der Waals surface area contributed by atoms with Crippen LogP contribution in [0.1, 0.15) is 58.1 Å². The van der Waals surface area contributed by atoms with Crippen LogP contribution < -0.4 is 4.74 Å². The van der Waals surface area contributed by atoms with Crippen molar-refractivity contribution in [1.82, 2.24) is 4.90 Å². The van der Waals surface area contributed by atoms with Gasteiger partial charge in [0.2, 0.25) is 0 Å². The molecule has 0 aromatic heterocycles. The number of piperidine rings is 1. The van der Waals surface area contributed by atoms with Crippen LogP contribution >= 0.6 is 0 Å². The zero-order valence-electron chi connectivity index (χ0n) is 18.8. The Morgan fingerprint density at radius 2 is 1.70 bits per heavy atom. The minimum absolute atomic E-state index is 0.00172. The molecule has 2 aromatic carbocycles. The maximum atomic E-state index is 12.2. The molecule has 0 aliphatic carbocycles. The molecule has 1 aliphatic heterocycles. The highest BCUT2D eigenvalue weighted by Crippen LogP contribution is 2.30. The van der Waals surface area contributed by atoms with Gasteiger partial charge >= 0.3 is 6.09 Å². The Morgan fingerprint density at radius 1 is 1.07 bits per heavy atom. The summed E-state index contributed by atoms with van der Waals surface area (Å²) in [5.74, 6) is 0.801. The van der Waals surface area contributed by atoms with E-state index in [-0.39, 0.29) is 18.6 Å². The number of ether oxygens (including phenoxy) is 2. The Morgan fingerprint density at radius 3 is 2.27 bits per heavy atom. The number of carbonyl (C=O) groups excluding carboxylic acids is 1. The van der Waals surface area contributed by atoms with Crippen molar-refractivity contribution in [1.29, 1.82) is 0 Å². The minimum Gasteiger partial charge on any atom is -0.489 e. The zero-order chi connectivity index (χ0) is 22.1. The second-order valence-electron chi connectivity index (χ2n) is 8.23. The van der Waals surface area contributed by atoms with Gasteiger partial charge in [-0.15, -0.1) is 0 Å². The fraction of sp³-hybridized carbons (Fsp3) is 0.480. The van der Waals surface area contributed by atoms with Gasteiger partial charge in [-0.2, -0.15) is 0 Å². The van der Waals surface area contributed by atoms with Gasteiger partial charge in [-0.05, 0) is 50.5 Å². The average molecular weight is 414 g/mol. The SMILES string of the molecule is CC.CC(C)(C)OC(=O)N1CCC(c2ccc(OCc3ccccc3)cc2)C(O)C1. The number of carbonyl (C=O) groups is 1. The summed E-state index contributed by atoms with van der Waals surface area (Å²) in [6, 6.07) is 17.9. The van der Waals surface area contributed by atoms with Crippen molar-refractivity contribution in [2.75, 3.05) is 13.1 Å². The number of β-amino-alcohol motifs (C(OH)–C–C–N with tert-alkyl or cyclic N) is 1. The van der Waals surface area contributed by atoms with Crippen molar-refractivity contribution < 1.29 is 19.4 Å². The molecule has 2 aromatic rings. The summed E-state index contributed by atoms with van der Waals surface area (Å²) in [6.07, 6.45) is -0.281. The van der Waals surface area contributed by atoms with Crippen LogP contribution in [-0.4, -0.2) is 40.9 Å². The van der Waals surface area contributed by atoms with Crippen LogP contribution in [0, 0.1) is 0 Å². The number of amides is 1. The topological polar surface area (TPSA) is 59.0 Å². The fourth-order valence-corrected chi connectivity index (χ4v) is 3.36. The van der Waals surface area contributed by atoms with Crippen LogP contribution in [0.2, 0.25) is 0 Å². The summed E-state index contributed by atoms with van der Waals surface area (Å²) < 4.78 is 11.2. The number of aliphatic hydroxyl groups is 1. The molecular weight excluding hydrogens is 378 g/mol. The molecular formula is C25H35NO4. The number of aliphatic hydroxyl groups excluding tert-OH is 1. The average Bonchev–Trinajstić information content (AvgIpc) is 2.74. The second kappa shape index (κ2) is 11.0. The maximum absolute atomic E-state index is 12.2.